The van der Waals surface area contributed by atoms with Gasteiger partial charge >= 0.3 is 0 Å². The summed E-state index contributed by atoms with van der Waals surface area (Å²) in [5, 5.41) is 7.43. The first-order valence-corrected chi connectivity index (χ1v) is 9.01. The molecule has 2 heterocycles. The quantitative estimate of drug-likeness (QED) is 0.702. The highest BCUT2D eigenvalue weighted by Crippen LogP contribution is 2.29. The topological polar surface area (TPSA) is 55.2 Å². The molecular formula is C20H21F2N5O. The first kappa shape index (κ1) is 18.4. The van der Waals surface area contributed by atoms with Crippen molar-refractivity contribution in [2.45, 2.75) is 6.92 Å². The summed E-state index contributed by atoms with van der Waals surface area (Å²) in [6, 6.07) is 9.40. The lowest BCUT2D eigenvalue weighted by Crippen LogP contribution is -2.48. The molecule has 1 aliphatic heterocycles. The third-order valence-corrected chi connectivity index (χ3v) is 4.65. The van der Waals surface area contributed by atoms with Crippen LogP contribution in [0.5, 0.6) is 0 Å². The molecule has 1 aromatic heterocycles. The molecule has 1 fully saturated rings. The zero-order valence-corrected chi connectivity index (χ0v) is 15.7. The molecular weight excluding hydrogens is 364 g/mol. The lowest BCUT2D eigenvalue weighted by molar-refractivity contribution is 0.137. The van der Waals surface area contributed by atoms with Crippen molar-refractivity contribution < 1.29 is 13.5 Å². The van der Waals surface area contributed by atoms with Crippen LogP contribution in [0.25, 0.3) is 5.69 Å². The van der Waals surface area contributed by atoms with Crippen LogP contribution < -0.4 is 10.2 Å². The number of benzene rings is 2. The molecule has 4 rings (SSSR count). The van der Waals surface area contributed by atoms with Crippen molar-refractivity contribution in [3.63, 3.8) is 0 Å². The van der Waals surface area contributed by atoms with Gasteiger partial charge in [0.2, 0.25) is 5.95 Å². The van der Waals surface area contributed by atoms with Gasteiger partial charge in [0.25, 0.3) is 0 Å². The molecule has 28 heavy (non-hydrogen) atoms. The SMILES string of the molecule is COCC1CN(c2cc(C)cc(Nc3ncn(-c4cc(F)cc(F)c4)n3)c2)C1. The summed E-state index contributed by atoms with van der Waals surface area (Å²) in [7, 11) is 1.72. The molecule has 0 bridgehead atoms. The first-order valence-electron chi connectivity index (χ1n) is 9.01. The van der Waals surface area contributed by atoms with E-state index in [1.54, 1.807) is 7.11 Å². The van der Waals surface area contributed by atoms with Crippen LogP contribution in [0.2, 0.25) is 0 Å². The Morgan fingerprint density at radius 3 is 2.54 bits per heavy atom. The van der Waals surface area contributed by atoms with Crippen LogP contribution in [-0.2, 0) is 4.74 Å². The summed E-state index contributed by atoms with van der Waals surface area (Å²) in [6.45, 7) is 4.74. The van der Waals surface area contributed by atoms with Gasteiger partial charge in [0.15, 0.2) is 0 Å². The Balaban J connectivity index is 1.50. The van der Waals surface area contributed by atoms with Crippen molar-refractivity contribution >= 4 is 17.3 Å². The molecule has 0 unspecified atom stereocenters. The highest BCUT2D eigenvalue weighted by atomic mass is 19.1. The van der Waals surface area contributed by atoms with E-state index in [4.69, 9.17) is 4.74 Å². The zero-order valence-electron chi connectivity index (χ0n) is 15.7. The maximum absolute atomic E-state index is 13.4. The Morgan fingerprint density at radius 1 is 1.07 bits per heavy atom. The molecule has 0 aliphatic carbocycles. The van der Waals surface area contributed by atoms with E-state index in [-0.39, 0.29) is 5.69 Å². The van der Waals surface area contributed by atoms with Gasteiger partial charge in [0.05, 0.1) is 12.3 Å². The molecule has 2 aromatic carbocycles. The van der Waals surface area contributed by atoms with E-state index < -0.39 is 11.6 Å². The van der Waals surface area contributed by atoms with Gasteiger partial charge in [-0.2, -0.15) is 4.98 Å². The van der Waals surface area contributed by atoms with E-state index >= 15 is 0 Å². The molecule has 0 saturated carbocycles. The number of nitrogens with one attached hydrogen (secondary N) is 1. The lowest BCUT2D eigenvalue weighted by Gasteiger charge is -2.41. The largest absolute Gasteiger partial charge is 0.384 e. The van der Waals surface area contributed by atoms with Crippen molar-refractivity contribution in [3.05, 3.63) is 59.9 Å². The van der Waals surface area contributed by atoms with Crippen molar-refractivity contribution in [2.24, 2.45) is 5.92 Å². The monoisotopic (exact) mass is 385 g/mol. The van der Waals surface area contributed by atoms with Gasteiger partial charge in [-0.1, -0.05) is 0 Å². The average Bonchev–Trinajstić information content (AvgIpc) is 3.05. The van der Waals surface area contributed by atoms with E-state index in [1.807, 2.05) is 19.1 Å². The van der Waals surface area contributed by atoms with Crippen LogP contribution in [0.4, 0.5) is 26.1 Å². The Labute approximate surface area is 161 Å². The molecule has 0 atom stereocenters. The Kier molecular flexibility index (Phi) is 4.95. The molecule has 1 saturated heterocycles. The van der Waals surface area contributed by atoms with Crippen molar-refractivity contribution in [1.82, 2.24) is 14.8 Å². The highest BCUT2D eigenvalue weighted by Gasteiger charge is 2.27. The summed E-state index contributed by atoms with van der Waals surface area (Å²) < 4.78 is 33.4. The highest BCUT2D eigenvalue weighted by molar-refractivity contribution is 5.64. The summed E-state index contributed by atoms with van der Waals surface area (Å²) in [6.07, 6.45) is 1.41. The summed E-state index contributed by atoms with van der Waals surface area (Å²) in [4.78, 5) is 6.48. The van der Waals surface area contributed by atoms with Crippen LogP contribution in [0.15, 0.2) is 42.7 Å². The molecule has 0 amide bonds. The van der Waals surface area contributed by atoms with Crippen molar-refractivity contribution in [1.29, 1.82) is 0 Å². The first-order chi connectivity index (χ1) is 13.5. The third-order valence-electron chi connectivity index (χ3n) is 4.65. The standard InChI is InChI=1S/C20H21F2N5O/c1-13-3-17(8-18(4-13)26-9-14(10-26)11-28-2)24-20-23-12-27(25-20)19-6-15(21)5-16(22)7-19/h3-8,12,14H,9-11H2,1-2H3,(H,24,25). The average molecular weight is 385 g/mol. The van der Waals surface area contributed by atoms with Gasteiger partial charge in [-0.15, -0.1) is 5.10 Å². The maximum atomic E-state index is 13.4. The molecule has 8 heteroatoms. The minimum Gasteiger partial charge on any atom is -0.384 e. The van der Waals surface area contributed by atoms with Crippen molar-refractivity contribution in [2.75, 3.05) is 37.0 Å². The third kappa shape index (κ3) is 3.96. The molecule has 1 aliphatic rings. The number of hydrogen-bond donors (Lipinski definition) is 1. The Hall–Kier alpha value is -3.00. The van der Waals surface area contributed by atoms with Gasteiger partial charge in [-0.3, -0.25) is 0 Å². The number of aryl methyl sites for hydroxylation is 1. The summed E-state index contributed by atoms with van der Waals surface area (Å²) in [5.74, 6) is -0.414. The fourth-order valence-corrected chi connectivity index (χ4v) is 3.38. The number of ether oxygens (including phenoxy) is 1. The predicted octanol–water partition coefficient (Wildman–Crippen LogP) is 3.68. The van der Waals surface area contributed by atoms with E-state index in [0.29, 0.717) is 11.9 Å². The van der Waals surface area contributed by atoms with E-state index in [0.717, 1.165) is 42.7 Å². The molecule has 0 radical (unpaired) electrons. The van der Waals surface area contributed by atoms with E-state index in [1.165, 1.54) is 23.1 Å². The number of halogens is 2. The number of methoxy groups -OCH3 is 1. The van der Waals surface area contributed by atoms with Gasteiger partial charge in [-0.05, 0) is 42.8 Å². The number of rotatable bonds is 6. The van der Waals surface area contributed by atoms with E-state index in [2.05, 4.69) is 26.4 Å². The Bertz CT molecular complexity index is 964. The fourth-order valence-electron chi connectivity index (χ4n) is 3.38. The number of aromatic nitrogens is 3. The number of nitrogens with zero attached hydrogens (tertiary/aromatic N) is 4. The van der Waals surface area contributed by atoms with Crippen LogP contribution in [0.3, 0.4) is 0 Å². The summed E-state index contributed by atoms with van der Waals surface area (Å²) in [5.41, 5.74) is 3.37. The predicted molar refractivity (Wildman–Crippen MR) is 103 cm³/mol. The maximum Gasteiger partial charge on any atom is 0.246 e. The van der Waals surface area contributed by atoms with Crippen LogP contribution >= 0.6 is 0 Å². The summed E-state index contributed by atoms with van der Waals surface area (Å²) >= 11 is 0. The number of hydrogen-bond acceptors (Lipinski definition) is 5. The molecule has 3 aromatic rings. The van der Waals surface area contributed by atoms with Gasteiger partial charge in [-0.25, -0.2) is 13.5 Å². The van der Waals surface area contributed by atoms with Gasteiger partial charge in [0.1, 0.15) is 18.0 Å². The molecule has 1 N–H and O–H groups in total. The second-order valence-electron chi connectivity index (χ2n) is 7.05. The van der Waals surface area contributed by atoms with E-state index in [9.17, 15) is 8.78 Å². The van der Waals surface area contributed by atoms with Crippen LogP contribution in [0.1, 0.15) is 5.56 Å². The second-order valence-corrected chi connectivity index (χ2v) is 7.05. The zero-order chi connectivity index (χ0) is 19.7. The van der Waals surface area contributed by atoms with Crippen LogP contribution in [-0.4, -0.2) is 41.6 Å². The van der Waals surface area contributed by atoms with Crippen LogP contribution in [0, 0.1) is 24.5 Å². The molecule has 146 valence electrons. The lowest BCUT2D eigenvalue weighted by atomic mass is 9.99. The minimum atomic E-state index is -0.662. The minimum absolute atomic E-state index is 0.271. The second kappa shape index (κ2) is 7.55. The number of anilines is 3. The van der Waals surface area contributed by atoms with Crippen molar-refractivity contribution in [3.8, 4) is 5.69 Å². The smallest absolute Gasteiger partial charge is 0.246 e. The fraction of sp³-hybridized carbons (Fsp3) is 0.300. The Morgan fingerprint density at radius 2 is 1.82 bits per heavy atom. The van der Waals surface area contributed by atoms with Gasteiger partial charge in [0, 0.05) is 43.6 Å². The van der Waals surface area contributed by atoms with Gasteiger partial charge < -0.3 is 15.0 Å². The molecule has 0 spiro atoms. The molecule has 6 nitrogen and oxygen atoms in total. The normalized spacial score (nSPS) is 14.2.